The number of amides is 1. The molecular formula is C22H19N3O7S. The monoisotopic (exact) mass is 469 g/mol. The SMILES string of the molecule is COc1ccc(/C=C/C(=O)O)cc1S(=O)(=O)Nc1ccc(Oc2cccc(C(N)=O)c2)nc1. The van der Waals surface area contributed by atoms with Gasteiger partial charge >= 0.3 is 5.97 Å². The van der Waals surface area contributed by atoms with Crippen LogP contribution in [0, 0.1) is 0 Å². The fourth-order valence-electron chi connectivity index (χ4n) is 2.72. The van der Waals surface area contributed by atoms with E-state index in [9.17, 15) is 18.0 Å². The Bertz CT molecular complexity index is 1320. The van der Waals surface area contributed by atoms with Crippen molar-refractivity contribution in [2.75, 3.05) is 11.8 Å². The first-order valence-electron chi connectivity index (χ1n) is 9.33. The number of ether oxygens (including phenoxy) is 2. The van der Waals surface area contributed by atoms with E-state index in [-0.39, 0.29) is 27.8 Å². The van der Waals surface area contributed by atoms with E-state index in [4.69, 9.17) is 20.3 Å². The van der Waals surface area contributed by atoms with Crippen LogP contribution in [0.25, 0.3) is 6.08 Å². The number of methoxy groups -OCH3 is 1. The molecule has 0 aliphatic rings. The number of nitrogens with zero attached hydrogens (tertiary/aromatic N) is 1. The highest BCUT2D eigenvalue weighted by molar-refractivity contribution is 7.92. The number of primary amides is 1. The lowest BCUT2D eigenvalue weighted by Crippen LogP contribution is -2.14. The topological polar surface area (TPSA) is 158 Å². The molecular weight excluding hydrogens is 450 g/mol. The number of carboxylic acids is 1. The zero-order valence-electron chi connectivity index (χ0n) is 17.3. The Morgan fingerprint density at radius 2 is 1.91 bits per heavy atom. The Morgan fingerprint density at radius 1 is 1.12 bits per heavy atom. The van der Waals surface area contributed by atoms with E-state index in [1.54, 1.807) is 18.2 Å². The number of carboxylic acid groups (broad SMARTS) is 1. The molecule has 2 aromatic carbocycles. The molecule has 170 valence electrons. The lowest BCUT2D eigenvalue weighted by Gasteiger charge is -2.12. The minimum atomic E-state index is -4.09. The first kappa shape index (κ1) is 23.3. The number of hydrogen-bond acceptors (Lipinski definition) is 7. The van der Waals surface area contributed by atoms with Crippen LogP contribution in [0.4, 0.5) is 5.69 Å². The maximum atomic E-state index is 12.9. The minimum absolute atomic E-state index is 0.0808. The Kier molecular flexibility index (Phi) is 6.94. The van der Waals surface area contributed by atoms with Crippen LogP contribution in [0.15, 0.2) is 71.8 Å². The number of sulfonamides is 1. The van der Waals surface area contributed by atoms with Crippen molar-refractivity contribution in [3.05, 3.63) is 78.0 Å². The van der Waals surface area contributed by atoms with E-state index in [1.165, 1.54) is 55.8 Å². The molecule has 3 rings (SSSR count). The predicted octanol–water partition coefficient (Wildman–Crippen LogP) is 2.88. The van der Waals surface area contributed by atoms with Crippen LogP contribution >= 0.6 is 0 Å². The van der Waals surface area contributed by atoms with Gasteiger partial charge in [0.05, 0.1) is 19.0 Å². The Balaban J connectivity index is 1.80. The summed E-state index contributed by atoms with van der Waals surface area (Å²) in [6.07, 6.45) is 3.42. The van der Waals surface area contributed by atoms with Crippen LogP contribution in [-0.4, -0.2) is 37.5 Å². The first-order chi connectivity index (χ1) is 15.7. The third-order valence-electron chi connectivity index (χ3n) is 4.23. The van der Waals surface area contributed by atoms with Crippen molar-refractivity contribution in [1.29, 1.82) is 0 Å². The number of nitrogens with one attached hydrogen (secondary N) is 1. The average Bonchev–Trinajstić information content (AvgIpc) is 2.78. The van der Waals surface area contributed by atoms with Crippen molar-refractivity contribution in [3.63, 3.8) is 0 Å². The Morgan fingerprint density at radius 3 is 2.55 bits per heavy atom. The molecule has 11 heteroatoms. The normalized spacial score (nSPS) is 11.2. The number of anilines is 1. The van der Waals surface area contributed by atoms with E-state index in [0.717, 1.165) is 6.08 Å². The third kappa shape index (κ3) is 6.08. The largest absolute Gasteiger partial charge is 0.495 e. The number of aliphatic carboxylic acids is 1. The van der Waals surface area contributed by atoms with Gasteiger partial charge in [0.25, 0.3) is 10.0 Å². The van der Waals surface area contributed by atoms with Gasteiger partial charge in [-0.1, -0.05) is 12.1 Å². The van der Waals surface area contributed by atoms with Gasteiger partial charge in [0.15, 0.2) is 0 Å². The number of aromatic nitrogens is 1. The standard InChI is InChI=1S/C22H19N3O7S/c1-31-18-8-5-14(6-10-21(26)27)11-19(18)33(29,30)25-16-7-9-20(24-13-16)32-17-4-2-3-15(12-17)22(23)28/h2-13,25H,1H3,(H2,23,28)(H,26,27)/b10-6+. The maximum absolute atomic E-state index is 12.9. The van der Waals surface area contributed by atoms with Gasteiger partial charge in [-0.25, -0.2) is 18.2 Å². The van der Waals surface area contributed by atoms with Crippen molar-refractivity contribution in [2.45, 2.75) is 4.90 Å². The Labute approximate surface area is 189 Å². The van der Waals surface area contributed by atoms with Crippen LogP contribution in [0.3, 0.4) is 0 Å². The summed E-state index contributed by atoms with van der Waals surface area (Å²) in [5, 5.41) is 8.77. The molecule has 0 aliphatic carbocycles. The molecule has 1 amide bonds. The predicted molar refractivity (Wildman–Crippen MR) is 120 cm³/mol. The van der Waals surface area contributed by atoms with Crippen molar-refractivity contribution in [3.8, 4) is 17.4 Å². The van der Waals surface area contributed by atoms with Crippen molar-refractivity contribution < 1.29 is 32.6 Å². The quantitative estimate of drug-likeness (QED) is 0.404. The molecule has 3 aromatic rings. The van der Waals surface area contributed by atoms with E-state index in [1.807, 2.05) is 0 Å². The number of carbonyl (C=O) groups excluding carboxylic acids is 1. The second-order valence-corrected chi connectivity index (χ2v) is 8.22. The summed E-state index contributed by atoms with van der Waals surface area (Å²) in [5.74, 6) is -1.18. The summed E-state index contributed by atoms with van der Waals surface area (Å²) in [6, 6.07) is 13.3. The van der Waals surface area contributed by atoms with Crippen LogP contribution in [0.5, 0.6) is 17.4 Å². The fraction of sp³-hybridized carbons (Fsp3) is 0.0455. The highest BCUT2D eigenvalue weighted by atomic mass is 32.2. The van der Waals surface area contributed by atoms with E-state index < -0.39 is 21.9 Å². The van der Waals surface area contributed by atoms with Gasteiger partial charge in [-0.15, -0.1) is 0 Å². The minimum Gasteiger partial charge on any atom is -0.495 e. The number of rotatable bonds is 9. The Hall–Kier alpha value is -4.38. The number of benzene rings is 2. The van der Waals surface area contributed by atoms with Gasteiger partial charge in [0.1, 0.15) is 16.4 Å². The molecule has 1 heterocycles. The fourth-order valence-corrected chi connectivity index (χ4v) is 3.97. The van der Waals surface area contributed by atoms with Crippen molar-refractivity contribution >= 4 is 33.7 Å². The number of hydrogen-bond donors (Lipinski definition) is 3. The van der Waals surface area contributed by atoms with E-state index >= 15 is 0 Å². The molecule has 0 bridgehead atoms. The molecule has 0 saturated heterocycles. The molecule has 4 N–H and O–H groups in total. The summed E-state index contributed by atoms with van der Waals surface area (Å²) in [6.45, 7) is 0. The van der Waals surface area contributed by atoms with E-state index in [0.29, 0.717) is 11.3 Å². The van der Waals surface area contributed by atoms with Crippen LogP contribution in [0.2, 0.25) is 0 Å². The summed E-state index contributed by atoms with van der Waals surface area (Å²) >= 11 is 0. The molecule has 0 aliphatic heterocycles. The molecule has 0 unspecified atom stereocenters. The molecule has 1 aromatic heterocycles. The molecule has 0 saturated carbocycles. The second kappa shape index (κ2) is 9.83. The maximum Gasteiger partial charge on any atom is 0.328 e. The number of nitrogens with two attached hydrogens (primary N) is 1. The van der Waals surface area contributed by atoms with Crippen molar-refractivity contribution in [1.82, 2.24) is 4.98 Å². The van der Waals surface area contributed by atoms with Gasteiger partial charge in [-0.05, 0) is 48.0 Å². The summed E-state index contributed by atoms with van der Waals surface area (Å²) in [5.41, 5.74) is 6.03. The molecule has 33 heavy (non-hydrogen) atoms. The van der Waals surface area contributed by atoms with Crippen LogP contribution in [-0.2, 0) is 14.8 Å². The van der Waals surface area contributed by atoms with Gasteiger partial charge in [-0.2, -0.15) is 0 Å². The summed E-state index contributed by atoms with van der Waals surface area (Å²) in [4.78, 5) is 25.9. The average molecular weight is 469 g/mol. The van der Waals surface area contributed by atoms with Gasteiger partial charge in [-0.3, -0.25) is 9.52 Å². The smallest absolute Gasteiger partial charge is 0.328 e. The van der Waals surface area contributed by atoms with E-state index in [2.05, 4.69) is 9.71 Å². The van der Waals surface area contributed by atoms with Gasteiger partial charge in [0.2, 0.25) is 11.8 Å². The summed E-state index contributed by atoms with van der Waals surface area (Å²) in [7, 11) is -2.77. The van der Waals surface area contributed by atoms with Crippen LogP contribution < -0.4 is 19.9 Å². The molecule has 0 atom stereocenters. The molecule has 0 spiro atoms. The van der Waals surface area contributed by atoms with Crippen LogP contribution in [0.1, 0.15) is 15.9 Å². The first-order valence-corrected chi connectivity index (χ1v) is 10.8. The van der Waals surface area contributed by atoms with Gasteiger partial charge < -0.3 is 20.3 Å². The molecule has 0 fully saturated rings. The molecule has 0 radical (unpaired) electrons. The third-order valence-corrected chi connectivity index (χ3v) is 5.63. The summed E-state index contributed by atoms with van der Waals surface area (Å²) < 4.78 is 38.9. The molecule has 10 nitrogen and oxygen atoms in total. The van der Waals surface area contributed by atoms with Crippen molar-refractivity contribution in [2.24, 2.45) is 5.73 Å². The number of pyridine rings is 1. The number of carbonyl (C=O) groups is 2. The second-order valence-electron chi connectivity index (χ2n) is 6.57. The van der Waals surface area contributed by atoms with Gasteiger partial charge in [0, 0.05) is 17.7 Å². The zero-order valence-corrected chi connectivity index (χ0v) is 18.1. The zero-order chi connectivity index (χ0) is 24.0. The highest BCUT2D eigenvalue weighted by Gasteiger charge is 2.20. The lowest BCUT2D eigenvalue weighted by molar-refractivity contribution is -0.131. The lowest BCUT2D eigenvalue weighted by atomic mass is 10.2. The highest BCUT2D eigenvalue weighted by Crippen LogP contribution is 2.28.